The van der Waals surface area contributed by atoms with Gasteiger partial charge in [-0.1, -0.05) is 0 Å². The van der Waals surface area contributed by atoms with Crippen molar-refractivity contribution < 1.29 is 9.21 Å². The molecule has 1 aliphatic heterocycles. The van der Waals surface area contributed by atoms with Gasteiger partial charge in [-0.2, -0.15) is 0 Å². The van der Waals surface area contributed by atoms with Crippen molar-refractivity contribution in [1.82, 2.24) is 15.3 Å². The molecule has 0 aromatic carbocycles. The van der Waals surface area contributed by atoms with Crippen molar-refractivity contribution in [3.63, 3.8) is 0 Å². The molecule has 1 aliphatic rings. The van der Waals surface area contributed by atoms with Crippen LogP contribution >= 0.6 is 0 Å². The fraction of sp³-hybridized carbons (Fsp3) is 0.0625. The Kier molecular flexibility index (Phi) is 2.86. The van der Waals surface area contributed by atoms with Gasteiger partial charge in [-0.3, -0.25) is 9.78 Å². The molecule has 6 heteroatoms. The predicted molar refractivity (Wildman–Crippen MR) is 80.0 cm³/mol. The molecule has 0 saturated carbocycles. The van der Waals surface area contributed by atoms with Crippen LogP contribution in [0.3, 0.4) is 0 Å². The largest absolute Gasteiger partial charge is 0.457 e. The number of aromatic nitrogens is 2. The first-order valence-corrected chi connectivity index (χ1v) is 6.84. The highest BCUT2D eigenvalue weighted by Crippen LogP contribution is 2.28. The molecule has 3 aromatic rings. The second kappa shape index (κ2) is 5.00. The number of rotatable bonds is 2. The van der Waals surface area contributed by atoms with E-state index in [0.717, 1.165) is 5.56 Å². The lowest BCUT2D eigenvalue weighted by molar-refractivity contribution is 0.0930. The summed E-state index contributed by atoms with van der Waals surface area (Å²) in [6.45, 7) is 0. The van der Waals surface area contributed by atoms with Crippen molar-refractivity contribution in [2.75, 3.05) is 5.32 Å². The Balaban J connectivity index is 1.64. The minimum atomic E-state index is -0.444. The zero-order chi connectivity index (χ0) is 14.9. The molecule has 0 bridgehead atoms. The van der Waals surface area contributed by atoms with Gasteiger partial charge in [-0.05, 0) is 36.4 Å². The summed E-state index contributed by atoms with van der Waals surface area (Å²) in [6.07, 6.45) is 4.64. The van der Waals surface area contributed by atoms with Gasteiger partial charge in [0.15, 0.2) is 6.17 Å². The van der Waals surface area contributed by atoms with Crippen LogP contribution in [0.15, 0.2) is 59.4 Å². The van der Waals surface area contributed by atoms with Gasteiger partial charge in [-0.15, -0.1) is 0 Å². The topological polar surface area (TPSA) is 80.0 Å². The smallest absolute Gasteiger partial charge is 0.256 e. The molecule has 2 N–H and O–H groups in total. The lowest BCUT2D eigenvalue weighted by Gasteiger charge is -2.25. The second-order valence-corrected chi connectivity index (χ2v) is 4.89. The first-order valence-electron chi connectivity index (χ1n) is 6.84. The van der Waals surface area contributed by atoms with Crippen LogP contribution in [0.1, 0.15) is 22.3 Å². The van der Waals surface area contributed by atoms with Gasteiger partial charge in [0.05, 0.1) is 5.56 Å². The van der Waals surface area contributed by atoms with E-state index in [0.29, 0.717) is 22.9 Å². The minimum Gasteiger partial charge on any atom is -0.457 e. The van der Waals surface area contributed by atoms with Crippen LogP contribution in [-0.2, 0) is 0 Å². The summed E-state index contributed by atoms with van der Waals surface area (Å²) >= 11 is 0. The maximum atomic E-state index is 12.1. The van der Waals surface area contributed by atoms with E-state index in [9.17, 15) is 4.79 Å². The van der Waals surface area contributed by atoms with Crippen molar-refractivity contribution in [2.45, 2.75) is 6.17 Å². The van der Waals surface area contributed by atoms with E-state index in [2.05, 4.69) is 20.6 Å². The van der Waals surface area contributed by atoms with E-state index in [1.807, 2.05) is 24.3 Å². The molecule has 3 aromatic heterocycles. The van der Waals surface area contributed by atoms with Crippen molar-refractivity contribution >= 4 is 11.7 Å². The SMILES string of the molecule is O=C1N[C@@H](c2ccc(-c3cccnc3)o2)Nc2ncccc21. The van der Waals surface area contributed by atoms with E-state index >= 15 is 0 Å². The van der Waals surface area contributed by atoms with Crippen LogP contribution in [0.25, 0.3) is 11.3 Å². The highest BCUT2D eigenvalue weighted by atomic mass is 16.3. The summed E-state index contributed by atoms with van der Waals surface area (Å²) in [5.41, 5.74) is 1.41. The molecule has 4 heterocycles. The Morgan fingerprint density at radius 1 is 1.05 bits per heavy atom. The maximum Gasteiger partial charge on any atom is 0.256 e. The van der Waals surface area contributed by atoms with Crippen LogP contribution in [0.5, 0.6) is 0 Å². The van der Waals surface area contributed by atoms with E-state index in [1.54, 1.807) is 30.7 Å². The molecular formula is C16H12N4O2. The molecule has 0 fully saturated rings. The molecular weight excluding hydrogens is 280 g/mol. The van der Waals surface area contributed by atoms with Gasteiger partial charge in [0.2, 0.25) is 0 Å². The normalized spacial score (nSPS) is 16.5. The first kappa shape index (κ1) is 12.6. The van der Waals surface area contributed by atoms with E-state index < -0.39 is 6.17 Å². The van der Waals surface area contributed by atoms with E-state index in [4.69, 9.17) is 4.42 Å². The Morgan fingerprint density at radius 3 is 2.82 bits per heavy atom. The number of carbonyl (C=O) groups excluding carboxylic acids is 1. The van der Waals surface area contributed by atoms with Gasteiger partial charge in [0.25, 0.3) is 5.91 Å². The van der Waals surface area contributed by atoms with Gasteiger partial charge in [0.1, 0.15) is 17.3 Å². The molecule has 0 aliphatic carbocycles. The molecule has 108 valence electrons. The fourth-order valence-electron chi connectivity index (χ4n) is 2.40. The first-order chi connectivity index (χ1) is 10.8. The summed E-state index contributed by atoms with van der Waals surface area (Å²) in [5.74, 6) is 1.69. The number of hydrogen-bond acceptors (Lipinski definition) is 5. The van der Waals surface area contributed by atoms with Gasteiger partial charge in [-0.25, -0.2) is 4.98 Å². The molecule has 0 spiro atoms. The number of furan rings is 1. The zero-order valence-electron chi connectivity index (χ0n) is 11.5. The lowest BCUT2D eigenvalue weighted by Crippen LogP contribution is -2.38. The van der Waals surface area contributed by atoms with E-state index in [-0.39, 0.29) is 5.91 Å². The predicted octanol–water partition coefficient (Wildman–Crippen LogP) is 2.59. The Hall–Kier alpha value is -3.15. The molecule has 22 heavy (non-hydrogen) atoms. The van der Waals surface area contributed by atoms with Crippen LogP contribution in [0, 0.1) is 0 Å². The standard InChI is InChI=1S/C16H12N4O2/c21-16-11-4-2-8-18-14(11)19-15(20-16)13-6-5-12(22-13)10-3-1-7-17-9-10/h1-9,15H,(H,18,19)(H,20,21)/t15-/m0/s1. The van der Waals surface area contributed by atoms with Crippen LogP contribution in [0.2, 0.25) is 0 Å². The third-order valence-corrected chi connectivity index (χ3v) is 3.47. The van der Waals surface area contributed by atoms with Crippen LogP contribution < -0.4 is 10.6 Å². The number of nitrogens with one attached hydrogen (secondary N) is 2. The average molecular weight is 292 g/mol. The Bertz CT molecular complexity index is 829. The minimum absolute atomic E-state index is 0.175. The van der Waals surface area contributed by atoms with Gasteiger partial charge >= 0.3 is 0 Å². The molecule has 1 amide bonds. The number of carbonyl (C=O) groups is 1. The molecule has 0 saturated heterocycles. The number of hydrogen-bond donors (Lipinski definition) is 2. The van der Waals surface area contributed by atoms with Gasteiger partial charge in [0, 0.05) is 24.2 Å². The maximum absolute atomic E-state index is 12.1. The monoisotopic (exact) mass is 292 g/mol. The summed E-state index contributed by atoms with van der Waals surface area (Å²) in [6, 6.07) is 10.9. The highest BCUT2D eigenvalue weighted by Gasteiger charge is 2.27. The van der Waals surface area contributed by atoms with Crippen molar-refractivity contribution in [3.8, 4) is 11.3 Å². The summed E-state index contributed by atoms with van der Waals surface area (Å²) < 4.78 is 5.83. The summed E-state index contributed by atoms with van der Waals surface area (Å²) in [5, 5.41) is 6.01. The number of fused-ring (bicyclic) bond motifs is 1. The average Bonchev–Trinajstić information content (AvgIpc) is 3.06. The summed E-state index contributed by atoms with van der Waals surface area (Å²) in [7, 11) is 0. The highest BCUT2D eigenvalue weighted by molar-refractivity contribution is 6.00. The fourth-order valence-corrected chi connectivity index (χ4v) is 2.40. The Morgan fingerprint density at radius 2 is 1.95 bits per heavy atom. The van der Waals surface area contributed by atoms with Crippen molar-refractivity contribution in [2.24, 2.45) is 0 Å². The third kappa shape index (κ3) is 2.10. The number of anilines is 1. The molecule has 6 nitrogen and oxygen atoms in total. The van der Waals surface area contributed by atoms with Crippen LogP contribution in [-0.4, -0.2) is 15.9 Å². The molecule has 1 atom stereocenters. The van der Waals surface area contributed by atoms with Gasteiger partial charge < -0.3 is 15.1 Å². The van der Waals surface area contributed by atoms with E-state index in [1.165, 1.54) is 0 Å². The zero-order valence-corrected chi connectivity index (χ0v) is 11.5. The summed E-state index contributed by atoms with van der Waals surface area (Å²) in [4.78, 5) is 20.4. The molecule has 0 radical (unpaired) electrons. The molecule has 4 rings (SSSR count). The quantitative estimate of drug-likeness (QED) is 0.759. The lowest BCUT2D eigenvalue weighted by atomic mass is 10.1. The van der Waals surface area contributed by atoms with Crippen molar-refractivity contribution in [1.29, 1.82) is 0 Å². The number of amides is 1. The van der Waals surface area contributed by atoms with Crippen molar-refractivity contribution in [3.05, 3.63) is 66.3 Å². The molecule has 0 unspecified atom stereocenters. The number of pyridine rings is 2. The van der Waals surface area contributed by atoms with Crippen LogP contribution in [0.4, 0.5) is 5.82 Å². The number of nitrogens with zero attached hydrogens (tertiary/aromatic N) is 2. The second-order valence-electron chi connectivity index (χ2n) is 4.89. The Labute approximate surface area is 126 Å². The third-order valence-electron chi connectivity index (χ3n) is 3.47.